The third-order valence-electron chi connectivity index (χ3n) is 4.48. The summed E-state index contributed by atoms with van der Waals surface area (Å²) < 4.78 is 18.0. The number of aromatic nitrogens is 2. The Kier molecular flexibility index (Phi) is 5.85. The number of nitrogens with zero attached hydrogens (tertiary/aromatic N) is 2. The SMILES string of the molecule is Cc1noc(C)c1CO[C@H]1CCOC[C@H]1NC(=O)Cn1ccccc1=O. The second-order valence-corrected chi connectivity index (χ2v) is 6.36. The van der Waals surface area contributed by atoms with Gasteiger partial charge in [-0.1, -0.05) is 11.2 Å². The van der Waals surface area contributed by atoms with E-state index in [1.54, 1.807) is 18.3 Å². The van der Waals surface area contributed by atoms with Crippen molar-refractivity contribution in [2.45, 2.75) is 45.6 Å². The van der Waals surface area contributed by atoms with Crippen LogP contribution in [-0.4, -0.2) is 41.0 Å². The first-order chi connectivity index (χ1) is 12.5. The number of nitrogens with one attached hydrogen (secondary N) is 1. The zero-order valence-electron chi connectivity index (χ0n) is 14.9. The Balaban J connectivity index is 1.59. The average molecular weight is 361 g/mol. The standard InChI is InChI=1S/C18H23N3O5/c1-12-14(13(2)26-20-12)10-25-16-6-8-24-11-15(16)19-17(22)9-21-7-4-3-5-18(21)23/h3-5,7,15-16H,6,8-11H2,1-2H3,(H,19,22)/t15-,16+/m1/s1. The lowest BCUT2D eigenvalue weighted by Gasteiger charge is -2.32. The number of hydrogen-bond donors (Lipinski definition) is 1. The maximum absolute atomic E-state index is 12.3. The lowest BCUT2D eigenvalue weighted by molar-refractivity contribution is -0.127. The number of ether oxygens (including phenoxy) is 2. The molecule has 1 saturated heterocycles. The maximum Gasteiger partial charge on any atom is 0.250 e. The van der Waals surface area contributed by atoms with Crippen molar-refractivity contribution in [1.82, 2.24) is 15.0 Å². The first-order valence-corrected chi connectivity index (χ1v) is 8.60. The van der Waals surface area contributed by atoms with E-state index < -0.39 is 0 Å². The van der Waals surface area contributed by atoms with Crippen molar-refractivity contribution < 1.29 is 18.8 Å². The summed E-state index contributed by atoms with van der Waals surface area (Å²) in [6.45, 7) is 5.01. The van der Waals surface area contributed by atoms with E-state index in [0.29, 0.717) is 26.2 Å². The van der Waals surface area contributed by atoms with Crippen LogP contribution in [0.5, 0.6) is 0 Å². The Bertz CT molecular complexity index is 794. The van der Waals surface area contributed by atoms with Crippen LogP contribution in [0.2, 0.25) is 0 Å². The summed E-state index contributed by atoms with van der Waals surface area (Å²) in [6.07, 6.45) is 2.10. The van der Waals surface area contributed by atoms with Crippen molar-refractivity contribution in [3.8, 4) is 0 Å². The molecule has 1 fully saturated rings. The van der Waals surface area contributed by atoms with Crippen LogP contribution in [0.1, 0.15) is 23.4 Å². The van der Waals surface area contributed by atoms with Gasteiger partial charge in [0, 0.05) is 24.4 Å². The molecular weight excluding hydrogens is 338 g/mol. The molecule has 0 aliphatic carbocycles. The molecule has 2 atom stereocenters. The molecule has 8 heteroatoms. The van der Waals surface area contributed by atoms with Gasteiger partial charge in [0.1, 0.15) is 12.3 Å². The van der Waals surface area contributed by atoms with Gasteiger partial charge in [-0.05, 0) is 26.3 Å². The predicted molar refractivity (Wildman–Crippen MR) is 92.6 cm³/mol. The summed E-state index contributed by atoms with van der Waals surface area (Å²) >= 11 is 0. The molecule has 2 aromatic rings. The largest absolute Gasteiger partial charge is 0.379 e. The molecule has 1 N–H and O–H groups in total. The van der Waals surface area contributed by atoms with Gasteiger partial charge >= 0.3 is 0 Å². The number of pyridine rings is 1. The zero-order chi connectivity index (χ0) is 18.5. The van der Waals surface area contributed by atoms with E-state index in [9.17, 15) is 9.59 Å². The number of rotatable bonds is 6. The molecule has 0 radical (unpaired) electrons. The fourth-order valence-electron chi connectivity index (χ4n) is 2.95. The molecule has 0 saturated carbocycles. The summed E-state index contributed by atoms with van der Waals surface area (Å²) in [4.78, 5) is 24.0. The molecule has 0 spiro atoms. The number of carbonyl (C=O) groups is 1. The van der Waals surface area contributed by atoms with Crippen LogP contribution in [0.25, 0.3) is 0 Å². The van der Waals surface area contributed by atoms with E-state index in [2.05, 4.69) is 10.5 Å². The predicted octanol–water partition coefficient (Wildman–Crippen LogP) is 0.944. The molecule has 3 heterocycles. The van der Waals surface area contributed by atoms with Crippen LogP contribution in [0, 0.1) is 13.8 Å². The Morgan fingerprint density at radius 3 is 3.00 bits per heavy atom. The highest BCUT2D eigenvalue weighted by atomic mass is 16.5. The Labute approximate surface area is 151 Å². The molecule has 3 rings (SSSR count). The lowest BCUT2D eigenvalue weighted by Crippen LogP contribution is -2.51. The first-order valence-electron chi connectivity index (χ1n) is 8.60. The Hall–Kier alpha value is -2.45. The van der Waals surface area contributed by atoms with E-state index in [-0.39, 0.29) is 30.2 Å². The summed E-state index contributed by atoms with van der Waals surface area (Å²) in [5, 5.41) is 6.84. The van der Waals surface area contributed by atoms with Crippen LogP contribution in [-0.2, 0) is 27.4 Å². The molecule has 8 nitrogen and oxygen atoms in total. The highest BCUT2D eigenvalue weighted by Gasteiger charge is 2.28. The van der Waals surface area contributed by atoms with Gasteiger partial charge in [0.25, 0.3) is 5.56 Å². The smallest absolute Gasteiger partial charge is 0.250 e. The Morgan fingerprint density at radius 1 is 1.42 bits per heavy atom. The van der Waals surface area contributed by atoms with Gasteiger partial charge in [-0.2, -0.15) is 0 Å². The highest BCUT2D eigenvalue weighted by Crippen LogP contribution is 2.18. The molecule has 26 heavy (non-hydrogen) atoms. The molecular formula is C18H23N3O5. The number of aryl methyl sites for hydroxylation is 2. The maximum atomic E-state index is 12.3. The third-order valence-corrected chi connectivity index (χ3v) is 4.48. The average Bonchev–Trinajstić information content (AvgIpc) is 2.94. The van der Waals surface area contributed by atoms with Crippen LogP contribution in [0.3, 0.4) is 0 Å². The van der Waals surface area contributed by atoms with Gasteiger partial charge in [-0.25, -0.2) is 0 Å². The normalized spacial score (nSPS) is 20.1. The molecule has 0 unspecified atom stereocenters. The van der Waals surface area contributed by atoms with Gasteiger partial charge in [-0.15, -0.1) is 0 Å². The van der Waals surface area contributed by atoms with E-state index in [1.807, 2.05) is 13.8 Å². The molecule has 0 bridgehead atoms. The van der Waals surface area contributed by atoms with Gasteiger partial charge in [0.15, 0.2) is 0 Å². The van der Waals surface area contributed by atoms with E-state index >= 15 is 0 Å². The fourth-order valence-corrected chi connectivity index (χ4v) is 2.95. The van der Waals surface area contributed by atoms with Gasteiger partial charge in [-0.3, -0.25) is 9.59 Å². The van der Waals surface area contributed by atoms with Crippen LogP contribution >= 0.6 is 0 Å². The summed E-state index contributed by atoms with van der Waals surface area (Å²) in [6, 6.07) is 4.52. The summed E-state index contributed by atoms with van der Waals surface area (Å²) in [5.41, 5.74) is 1.52. The Morgan fingerprint density at radius 2 is 2.27 bits per heavy atom. The third kappa shape index (κ3) is 4.39. The van der Waals surface area contributed by atoms with Gasteiger partial charge < -0.3 is 23.9 Å². The monoisotopic (exact) mass is 361 g/mol. The number of hydrogen-bond acceptors (Lipinski definition) is 6. The minimum absolute atomic E-state index is 0.0350. The molecule has 2 aromatic heterocycles. The number of carbonyl (C=O) groups excluding carboxylic acids is 1. The number of amides is 1. The topological polar surface area (TPSA) is 95.6 Å². The quantitative estimate of drug-likeness (QED) is 0.823. The van der Waals surface area contributed by atoms with Gasteiger partial charge in [0.2, 0.25) is 5.91 Å². The molecule has 1 amide bonds. The van der Waals surface area contributed by atoms with Crippen molar-refractivity contribution in [2.24, 2.45) is 0 Å². The first kappa shape index (κ1) is 18.3. The van der Waals surface area contributed by atoms with Crippen molar-refractivity contribution in [3.63, 3.8) is 0 Å². The molecule has 1 aliphatic heterocycles. The second-order valence-electron chi connectivity index (χ2n) is 6.36. The van der Waals surface area contributed by atoms with Crippen LogP contribution in [0.4, 0.5) is 0 Å². The molecule has 140 valence electrons. The van der Waals surface area contributed by atoms with Crippen molar-refractivity contribution in [2.75, 3.05) is 13.2 Å². The second kappa shape index (κ2) is 8.29. The van der Waals surface area contributed by atoms with Crippen molar-refractivity contribution in [1.29, 1.82) is 0 Å². The van der Waals surface area contributed by atoms with Crippen LogP contribution in [0.15, 0.2) is 33.7 Å². The van der Waals surface area contributed by atoms with E-state index in [0.717, 1.165) is 17.0 Å². The zero-order valence-corrected chi connectivity index (χ0v) is 14.9. The van der Waals surface area contributed by atoms with E-state index in [4.69, 9.17) is 14.0 Å². The molecule has 1 aliphatic rings. The van der Waals surface area contributed by atoms with Crippen molar-refractivity contribution in [3.05, 3.63) is 51.8 Å². The minimum atomic E-state index is -0.267. The van der Waals surface area contributed by atoms with Crippen LogP contribution < -0.4 is 10.9 Å². The lowest BCUT2D eigenvalue weighted by atomic mass is 10.1. The summed E-state index contributed by atoms with van der Waals surface area (Å²) in [7, 11) is 0. The van der Waals surface area contributed by atoms with Gasteiger partial charge in [0.05, 0.1) is 31.1 Å². The summed E-state index contributed by atoms with van der Waals surface area (Å²) in [5.74, 6) is 0.485. The highest BCUT2D eigenvalue weighted by molar-refractivity contribution is 5.76. The van der Waals surface area contributed by atoms with Crippen molar-refractivity contribution >= 4 is 5.91 Å². The minimum Gasteiger partial charge on any atom is -0.379 e. The fraction of sp³-hybridized carbons (Fsp3) is 0.500. The molecule has 0 aromatic carbocycles. The van der Waals surface area contributed by atoms with E-state index in [1.165, 1.54) is 10.6 Å².